The molecule has 5 aromatic rings. The molecule has 4 nitrogen and oxygen atoms in total. The molecule has 0 aliphatic rings. The molecule has 0 aliphatic heterocycles. The molecule has 0 unspecified atom stereocenters. The first-order valence-corrected chi connectivity index (χ1v) is 9.09. The summed E-state index contributed by atoms with van der Waals surface area (Å²) in [5.74, 6) is 1.04. The van der Waals surface area contributed by atoms with Crippen molar-refractivity contribution in [2.45, 2.75) is 0 Å². The third-order valence-electron chi connectivity index (χ3n) is 5.03. The fourth-order valence-corrected chi connectivity index (χ4v) is 3.61. The molecule has 0 bridgehead atoms. The summed E-state index contributed by atoms with van der Waals surface area (Å²) in [6.07, 6.45) is 0. The topological polar surface area (TPSA) is 46.8 Å². The van der Waals surface area contributed by atoms with Gasteiger partial charge in [-0.1, -0.05) is 36.4 Å². The second kappa shape index (κ2) is 6.43. The number of ether oxygens (including phenoxy) is 1. The van der Waals surface area contributed by atoms with Gasteiger partial charge in [-0.05, 0) is 53.9 Å². The third-order valence-corrected chi connectivity index (χ3v) is 5.03. The van der Waals surface area contributed by atoms with Crippen molar-refractivity contribution >= 4 is 16.3 Å². The highest BCUT2D eigenvalue weighted by atomic mass is 16.5. The average molecular weight is 366 g/mol. The van der Waals surface area contributed by atoms with Crippen LogP contribution in [0.25, 0.3) is 38.8 Å². The summed E-state index contributed by atoms with van der Waals surface area (Å²) in [5.41, 5.74) is 4.49. The van der Waals surface area contributed by atoms with Crippen molar-refractivity contribution in [3.63, 3.8) is 0 Å². The molecular weight excluding hydrogens is 348 g/mol. The second-order valence-electron chi connectivity index (χ2n) is 6.69. The second-order valence-corrected chi connectivity index (χ2v) is 6.69. The van der Waals surface area contributed by atoms with E-state index >= 15 is 0 Å². The van der Waals surface area contributed by atoms with Crippen LogP contribution in [0.15, 0.2) is 84.9 Å². The molecule has 0 aliphatic carbocycles. The van der Waals surface area contributed by atoms with Crippen LogP contribution in [-0.4, -0.2) is 21.8 Å². The number of phenolic OH excluding ortho intramolecular Hbond substituents is 1. The first-order chi connectivity index (χ1) is 13.7. The van der Waals surface area contributed by atoms with E-state index in [-0.39, 0.29) is 5.75 Å². The van der Waals surface area contributed by atoms with Crippen LogP contribution in [0.3, 0.4) is 0 Å². The summed E-state index contributed by atoms with van der Waals surface area (Å²) in [6.45, 7) is 0. The number of hydrogen-bond donors (Lipinski definition) is 1. The number of aromatic nitrogens is 2. The molecule has 1 N–H and O–H groups in total. The lowest BCUT2D eigenvalue weighted by molar-refractivity contribution is 0.415. The first-order valence-electron chi connectivity index (χ1n) is 9.09. The number of para-hydroxylation sites is 1. The number of aromatic hydroxyl groups is 1. The smallest absolute Gasteiger partial charge is 0.125 e. The summed E-state index contributed by atoms with van der Waals surface area (Å²) in [6, 6.07) is 27.7. The third kappa shape index (κ3) is 2.58. The van der Waals surface area contributed by atoms with Gasteiger partial charge >= 0.3 is 0 Å². The molecule has 0 amide bonds. The Morgan fingerprint density at radius 2 is 1.61 bits per heavy atom. The average Bonchev–Trinajstić information content (AvgIpc) is 3.19. The fraction of sp³-hybridized carbons (Fsp3) is 0.0417. The molecule has 3 aromatic carbocycles. The van der Waals surface area contributed by atoms with Gasteiger partial charge in [0.05, 0.1) is 24.0 Å². The van der Waals surface area contributed by atoms with Crippen LogP contribution < -0.4 is 4.74 Å². The maximum Gasteiger partial charge on any atom is 0.125 e. The number of benzene rings is 3. The predicted octanol–water partition coefficient (Wildman–Crippen LogP) is 5.54. The van der Waals surface area contributed by atoms with Gasteiger partial charge in [-0.3, -0.25) is 0 Å². The van der Waals surface area contributed by atoms with Crippen molar-refractivity contribution in [3.8, 4) is 34.0 Å². The van der Waals surface area contributed by atoms with E-state index in [0.717, 1.165) is 44.6 Å². The molecule has 0 saturated carbocycles. The van der Waals surface area contributed by atoms with Crippen LogP contribution in [0.5, 0.6) is 11.5 Å². The first kappa shape index (κ1) is 16.4. The van der Waals surface area contributed by atoms with Crippen LogP contribution in [0.4, 0.5) is 0 Å². The van der Waals surface area contributed by atoms with Gasteiger partial charge in [0.1, 0.15) is 11.5 Å². The van der Waals surface area contributed by atoms with Gasteiger partial charge < -0.3 is 9.84 Å². The van der Waals surface area contributed by atoms with Crippen molar-refractivity contribution in [1.82, 2.24) is 9.61 Å². The SMILES string of the molecule is COc1ccc(-c2cc3ccccc3c3cc(-c4ccccc4O)nn23)cc1. The highest BCUT2D eigenvalue weighted by molar-refractivity contribution is 5.99. The van der Waals surface area contributed by atoms with Crippen LogP contribution in [0.2, 0.25) is 0 Å². The number of fused-ring (bicyclic) bond motifs is 3. The molecule has 0 radical (unpaired) electrons. The summed E-state index contributed by atoms with van der Waals surface area (Å²) in [7, 11) is 1.66. The van der Waals surface area contributed by atoms with Crippen LogP contribution in [0.1, 0.15) is 0 Å². The van der Waals surface area contributed by atoms with Gasteiger partial charge in [0, 0.05) is 16.5 Å². The van der Waals surface area contributed by atoms with Gasteiger partial charge in [-0.25, -0.2) is 4.52 Å². The van der Waals surface area contributed by atoms with Crippen LogP contribution >= 0.6 is 0 Å². The Morgan fingerprint density at radius 3 is 2.39 bits per heavy atom. The lowest BCUT2D eigenvalue weighted by atomic mass is 10.1. The van der Waals surface area contributed by atoms with E-state index in [1.54, 1.807) is 13.2 Å². The zero-order valence-corrected chi connectivity index (χ0v) is 15.3. The standard InChI is InChI=1S/C24H18N2O2/c1-28-18-12-10-16(11-13-18)22-14-17-6-2-3-7-19(17)23-15-21(25-26(22)23)20-8-4-5-9-24(20)27/h2-15,27H,1H3. The number of pyridine rings is 1. The molecule has 136 valence electrons. The highest BCUT2D eigenvalue weighted by Crippen LogP contribution is 2.34. The van der Waals surface area contributed by atoms with E-state index < -0.39 is 0 Å². The summed E-state index contributed by atoms with van der Waals surface area (Å²) in [4.78, 5) is 0. The molecule has 0 fully saturated rings. The number of methoxy groups -OCH3 is 1. The van der Waals surface area contributed by atoms with Crippen molar-refractivity contribution in [1.29, 1.82) is 0 Å². The Kier molecular flexibility index (Phi) is 3.76. The fourth-order valence-electron chi connectivity index (χ4n) is 3.61. The molecular formula is C24H18N2O2. The molecule has 2 heterocycles. The van der Waals surface area contributed by atoms with Crippen molar-refractivity contribution in [2.75, 3.05) is 7.11 Å². The minimum Gasteiger partial charge on any atom is -0.507 e. The van der Waals surface area contributed by atoms with Crippen molar-refractivity contribution < 1.29 is 9.84 Å². The van der Waals surface area contributed by atoms with E-state index in [9.17, 15) is 5.11 Å². The Bertz CT molecular complexity index is 1300. The Hall–Kier alpha value is -3.79. The number of rotatable bonds is 3. The predicted molar refractivity (Wildman–Crippen MR) is 112 cm³/mol. The quantitative estimate of drug-likeness (QED) is 0.456. The van der Waals surface area contributed by atoms with E-state index in [1.807, 2.05) is 65.2 Å². The minimum atomic E-state index is 0.223. The molecule has 4 heteroatoms. The lowest BCUT2D eigenvalue weighted by Crippen LogP contribution is -1.95. The van der Waals surface area contributed by atoms with E-state index in [4.69, 9.17) is 9.84 Å². The van der Waals surface area contributed by atoms with Crippen molar-refractivity contribution in [2.24, 2.45) is 0 Å². The highest BCUT2D eigenvalue weighted by Gasteiger charge is 2.14. The van der Waals surface area contributed by atoms with Crippen LogP contribution in [0, 0.1) is 0 Å². The van der Waals surface area contributed by atoms with E-state index in [1.165, 1.54) is 0 Å². The monoisotopic (exact) mass is 366 g/mol. The molecule has 0 atom stereocenters. The van der Waals surface area contributed by atoms with Crippen molar-refractivity contribution in [3.05, 3.63) is 84.9 Å². The molecule has 0 spiro atoms. The van der Waals surface area contributed by atoms with E-state index in [2.05, 4.69) is 18.2 Å². The molecule has 2 aromatic heterocycles. The normalized spacial score (nSPS) is 11.2. The van der Waals surface area contributed by atoms with Gasteiger partial charge in [0.2, 0.25) is 0 Å². The lowest BCUT2D eigenvalue weighted by Gasteiger charge is -2.09. The van der Waals surface area contributed by atoms with Gasteiger partial charge in [0.15, 0.2) is 0 Å². The Balaban J connectivity index is 1.82. The summed E-state index contributed by atoms with van der Waals surface area (Å²) >= 11 is 0. The Labute approximate surface area is 162 Å². The number of nitrogens with zero attached hydrogens (tertiary/aromatic N) is 2. The number of phenols is 1. The van der Waals surface area contributed by atoms with Gasteiger partial charge in [-0.2, -0.15) is 5.10 Å². The van der Waals surface area contributed by atoms with Crippen LogP contribution in [-0.2, 0) is 0 Å². The largest absolute Gasteiger partial charge is 0.507 e. The molecule has 0 saturated heterocycles. The maximum atomic E-state index is 10.3. The minimum absolute atomic E-state index is 0.223. The molecule has 5 rings (SSSR count). The summed E-state index contributed by atoms with van der Waals surface area (Å²) in [5, 5.41) is 17.4. The van der Waals surface area contributed by atoms with Gasteiger partial charge in [-0.15, -0.1) is 0 Å². The number of hydrogen-bond acceptors (Lipinski definition) is 3. The molecule has 28 heavy (non-hydrogen) atoms. The zero-order chi connectivity index (χ0) is 19.1. The van der Waals surface area contributed by atoms with Gasteiger partial charge in [0.25, 0.3) is 0 Å². The maximum absolute atomic E-state index is 10.3. The van der Waals surface area contributed by atoms with E-state index in [0.29, 0.717) is 0 Å². The Morgan fingerprint density at radius 1 is 0.857 bits per heavy atom. The zero-order valence-electron chi connectivity index (χ0n) is 15.3. The summed E-state index contributed by atoms with van der Waals surface area (Å²) < 4.78 is 7.24.